The maximum Gasteiger partial charge on any atom is 0.303 e. The number of carbonyl (C=O) groups is 2. The van der Waals surface area contributed by atoms with Gasteiger partial charge in [-0.1, -0.05) is 67.7 Å². The van der Waals surface area contributed by atoms with Crippen molar-refractivity contribution in [3.05, 3.63) is 71.3 Å². The summed E-state index contributed by atoms with van der Waals surface area (Å²) in [5, 5.41) is 13.7. The highest BCUT2D eigenvalue weighted by Gasteiger charge is 2.32. The Labute approximate surface area is 226 Å². The minimum Gasteiger partial charge on any atom is -0.494 e. The van der Waals surface area contributed by atoms with Crippen LogP contribution in [0.4, 0.5) is 0 Å². The van der Waals surface area contributed by atoms with E-state index < -0.39 is 5.97 Å². The van der Waals surface area contributed by atoms with Gasteiger partial charge in [0.15, 0.2) is 0 Å². The van der Waals surface area contributed by atoms with Crippen molar-refractivity contribution in [2.24, 2.45) is 0 Å². The highest BCUT2D eigenvalue weighted by molar-refractivity contribution is 8.26. The van der Waals surface area contributed by atoms with Crippen LogP contribution < -0.4 is 4.74 Å². The molecule has 1 aromatic heterocycles. The molecular weight excluding hydrogens is 506 g/mol. The molecule has 1 N–H and O–H groups in total. The number of aromatic nitrogens is 2. The summed E-state index contributed by atoms with van der Waals surface area (Å²) in [5.41, 5.74) is 3.35. The van der Waals surface area contributed by atoms with Gasteiger partial charge in [-0.15, -0.1) is 0 Å². The van der Waals surface area contributed by atoms with Crippen LogP contribution >= 0.6 is 24.0 Å². The molecule has 2 heterocycles. The Morgan fingerprint density at radius 2 is 1.95 bits per heavy atom. The maximum absolute atomic E-state index is 13.2. The van der Waals surface area contributed by atoms with Crippen LogP contribution in [0, 0.1) is 0 Å². The van der Waals surface area contributed by atoms with Crippen LogP contribution in [0.2, 0.25) is 0 Å². The summed E-state index contributed by atoms with van der Waals surface area (Å²) in [6, 6.07) is 17.6. The fraction of sp³-hybridized carbons (Fsp3) is 0.286. The van der Waals surface area contributed by atoms with Gasteiger partial charge < -0.3 is 9.84 Å². The molecule has 0 atom stereocenters. The van der Waals surface area contributed by atoms with Crippen molar-refractivity contribution in [1.29, 1.82) is 0 Å². The molecule has 0 aliphatic carbocycles. The number of carboxylic acids is 1. The lowest BCUT2D eigenvalue weighted by molar-refractivity contribution is -0.137. The first kappa shape index (κ1) is 26.6. The Morgan fingerprint density at radius 3 is 2.70 bits per heavy atom. The van der Waals surface area contributed by atoms with Gasteiger partial charge >= 0.3 is 5.97 Å². The lowest BCUT2D eigenvalue weighted by atomic mass is 10.1. The SMILES string of the molecule is CCCOc1cccc(-c2nn(-c3ccccc3)cc2C=C2SC(=S)N(CCCCCC(=O)O)C2=O)c1. The van der Waals surface area contributed by atoms with Crippen LogP contribution in [0.1, 0.15) is 44.6 Å². The smallest absolute Gasteiger partial charge is 0.303 e. The van der Waals surface area contributed by atoms with E-state index in [0.29, 0.717) is 35.2 Å². The fourth-order valence-electron chi connectivity index (χ4n) is 3.94. The third kappa shape index (κ3) is 6.87. The largest absolute Gasteiger partial charge is 0.494 e. The second-order valence-electron chi connectivity index (χ2n) is 8.63. The van der Waals surface area contributed by atoms with Gasteiger partial charge in [-0.05, 0) is 49.6 Å². The van der Waals surface area contributed by atoms with Crippen molar-refractivity contribution in [2.75, 3.05) is 13.2 Å². The molecule has 7 nitrogen and oxygen atoms in total. The molecule has 1 fully saturated rings. The number of carboxylic acid groups (broad SMARTS) is 1. The molecular formula is C28H29N3O4S2. The summed E-state index contributed by atoms with van der Waals surface area (Å²) in [4.78, 5) is 26.1. The number of para-hydroxylation sites is 1. The second kappa shape index (κ2) is 12.7. The number of benzene rings is 2. The Bertz CT molecular complexity index is 1300. The first-order valence-electron chi connectivity index (χ1n) is 12.3. The van der Waals surface area contributed by atoms with Crippen molar-refractivity contribution < 1.29 is 19.4 Å². The molecule has 1 aliphatic rings. The lowest BCUT2D eigenvalue weighted by Gasteiger charge is -2.13. The molecule has 9 heteroatoms. The van der Waals surface area contributed by atoms with Gasteiger partial charge in [-0.25, -0.2) is 4.68 Å². The predicted octanol–water partition coefficient (Wildman–Crippen LogP) is 6.17. The van der Waals surface area contributed by atoms with E-state index in [1.54, 1.807) is 4.90 Å². The van der Waals surface area contributed by atoms with Gasteiger partial charge in [0, 0.05) is 30.3 Å². The number of carbonyl (C=O) groups excluding carboxylic acids is 1. The van der Waals surface area contributed by atoms with E-state index in [4.69, 9.17) is 27.2 Å². The Hall–Kier alpha value is -3.43. The van der Waals surface area contributed by atoms with Gasteiger partial charge in [0.25, 0.3) is 5.91 Å². The zero-order chi connectivity index (χ0) is 26.2. The molecule has 3 aromatic rings. The molecule has 0 saturated carbocycles. The zero-order valence-electron chi connectivity index (χ0n) is 20.6. The highest BCUT2D eigenvalue weighted by atomic mass is 32.2. The second-order valence-corrected chi connectivity index (χ2v) is 10.3. The van der Waals surface area contributed by atoms with Crippen molar-refractivity contribution in [3.63, 3.8) is 0 Å². The number of hydrogen-bond donors (Lipinski definition) is 1. The molecule has 0 unspecified atom stereocenters. The van der Waals surface area contributed by atoms with E-state index in [-0.39, 0.29) is 12.3 Å². The average Bonchev–Trinajstić information content (AvgIpc) is 3.44. The van der Waals surface area contributed by atoms with Crippen molar-refractivity contribution >= 4 is 46.3 Å². The summed E-state index contributed by atoms with van der Waals surface area (Å²) in [7, 11) is 0. The quantitative estimate of drug-likeness (QED) is 0.169. The molecule has 1 aliphatic heterocycles. The van der Waals surface area contributed by atoms with Gasteiger partial charge in [0.1, 0.15) is 15.8 Å². The van der Waals surface area contributed by atoms with E-state index in [9.17, 15) is 9.59 Å². The van der Waals surface area contributed by atoms with Crippen molar-refractivity contribution in [2.45, 2.75) is 39.0 Å². The number of hydrogen-bond acceptors (Lipinski definition) is 6. The number of thioether (sulfide) groups is 1. The van der Waals surface area contributed by atoms with Crippen LogP contribution in [0.3, 0.4) is 0 Å². The Kier molecular flexibility index (Phi) is 9.14. The summed E-state index contributed by atoms with van der Waals surface area (Å²) in [5.74, 6) is -0.164. The van der Waals surface area contributed by atoms with Crippen LogP contribution in [0.5, 0.6) is 5.75 Å². The van der Waals surface area contributed by atoms with Gasteiger partial charge in [0.2, 0.25) is 0 Å². The van der Waals surface area contributed by atoms with Gasteiger partial charge in [0.05, 0.1) is 17.2 Å². The number of amides is 1. The summed E-state index contributed by atoms with van der Waals surface area (Å²) >= 11 is 6.77. The highest BCUT2D eigenvalue weighted by Crippen LogP contribution is 2.35. The first-order chi connectivity index (χ1) is 18.0. The maximum atomic E-state index is 13.2. The van der Waals surface area contributed by atoms with Crippen LogP contribution in [-0.4, -0.2) is 49.1 Å². The summed E-state index contributed by atoms with van der Waals surface area (Å²) in [6.45, 7) is 3.18. The normalized spacial score (nSPS) is 14.5. The zero-order valence-corrected chi connectivity index (χ0v) is 22.3. The van der Waals surface area contributed by atoms with Gasteiger partial charge in [-0.2, -0.15) is 5.10 Å². The van der Waals surface area contributed by atoms with E-state index in [2.05, 4.69) is 6.92 Å². The van der Waals surface area contributed by atoms with Crippen LogP contribution in [0.15, 0.2) is 65.7 Å². The number of ether oxygens (including phenoxy) is 1. The Morgan fingerprint density at radius 1 is 1.14 bits per heavy atom. The topological polar surface area (TPSA) is 84.7 Å². The van der Waals surface area contributed by atoms with E-state index in [1.807, 2.05) is 71.6 Å². The van der Waals surface area contributed by atoms with E-state index in [0.717, 1.165) is 41.1 Å². The molecule has 37 heavy (non-hydrogen) atoms. The minimum absolute atomic E-state index is 0.133. The van der Waals surface area contributed by atoms with Crippen LogP contribution in [-0.2, 0) is 9.59 Å². The molecule has 1 amide bonds. The molecule has 0 bridgehead atoms. The van der Waals surface area contributed by atoms with Crippen LogP contribution in [0.25, 0.3) is 23.0 Å². The number of aliphatic carboxylic acids is 1. The lowest BCUT2D eigenvalue weighted by Crippen LogP contribution is -2.29. The standard InChI is InChI=1S/C28H29N3O4S2/c1-2-16-35-23-13-9-10-20(17-23)26-21(19-31(29-26)22-11-5-3-6-12-22)18-24-27(34)30(28(36)37-24)15-8-4-7-14-25(32)33/h3,5-6,9-13,17-19H,2,4,7-8,14-16H2,1H3,(H,32,33). The number of nitrogens with zero attached hydrogens (tertiary/aromatic N) is 3. The third-order valence-corrected chi connectivity index (χ3v) is 7.15. The number of unbranched alkanes of at least 4 members (excludes halogenated alkanes) is 2. The molecule has 0 spiro atoms. The molecule has 1 saturated heterocycles. The monoisotopic (exact) mass is 535 g/mol. The molecule has 0 radical (unpaired) electrons. The van der Waals surface area contributed by atoms with Crippen molar-refractivity contribution in [1.82, 2.24) is 14.7 Å². The average molecular weight is 536 g/mol. The van der Waals surface area contributed by atoms with E-state index in [1.165, 1.54) is 11.8 Å². The van der Waals surface area contributed by atoms with Gasteiger partial charge in [-0.3, -0.25) is 14.5 Å². The predicted molar refractivity (Wildman–Crippen MR) is 151 cm³/mol. The van der Waals surface area contributed by atoms with E-state index >= 15 is 0 Å². The summed E-state index contributed by atoms with van der Waals surface area (Å²) in [6.07, 6.45) is 6.84. The third-order valence-electron chi connectivity index (χ3n) is 5.78. The summed E-state index contributed by atoms with van der Waals surface area (Å²) < 4.78 is 8.16. The minimum atomic E-state index is -0.803. The number of thiocarbonyl (C=S) groups is 1. The first-order valence-corrected chi connectivity index (χ1v) is 13.5. The van der Waals surface area contributed by atoms with Crippen molar-refractivity contribution in [3.8, 4) is 22.7 Å². The number of rotatable bonds is 12. The Balaban J connectivity index is 1.61. The molecule has 4 rings (SSSR count). The molecule has 2 aromatic carbocycles. The fourth-order valence-corrected chi connectivity index (χ4v) is 5.24. The molecule has 192 valence electrons.